The fraction of sp³-hybridized carbons (Fsp3) is 0.538. The van der Waals surface area contributed by atoms with E-state index in [4.69, 9.17) is 4.74 Å². The summed E-state index contributed by atoms with van der Waals surface area (Å²) in [5.74, 6) is 0.970. The van der Waals surface area contributed by atoms with Crippen molar-refractivity contribution in [3.05, 3.63) is 23.8 Å². The molecule has 1 aromatic rings. The summed E-state index contributed by atoms with van der Waals surface area (Å²) in [7, 11) is 1.73. The fourth-order valence-corrected chi connectivity index (χ4v) is 2.92. The molecule has 0 saturated carbocycles. The molecule has 2 rings (SSSR count). The van der Waals surface area contributed by atoms with E-state index in [1.54, 1.807) is 18.9 Å². The van der Waals surface area contributed by atoms with Gasteiger partial charge in [-0.2, -0.15) is 0 Å². The van der Waals surface area contributed by atoms with E-state index >= 15 is 0 Å². The third kappa shape index (κ3) is 2.06. The van der Waals surface area contributed by atoms with E-state index in [-0.39, 0.29) is 5.54 Å². The van der Waals surface area contributed by atoms with E-state index in [9.17, 15) is 0 Å². The zero-order chi connectivity index (χ0) is 11.6. The number of rotatable bonds is 3. The summed E-state index contributed by atoms with van der Waals surface area (Å²) in [4.78, 5) is 1.22. The van der Waals surface area contributed by atoms with E-state index in [2.05, 4.69) is 36.7 Å². The maximum Gasteiger partial charge on any atom is 0.132 e. The predicted octanol–water partition coefficient (Wildman–Crippen LogP) is 3.02. The van der Waals surface area contributed by atoms with Crippen LogP contribution in [-0.2, 0) is 5.54 Å². The van der Waals surface area contributed by atoms with Gasteiger partial charge in [-0.05, 0) is 50.3 Å². The Labute approximate surface area is 102 Å². The molecule has 1 saturated heterocycles. The Bertz CT molecular complexity index is 372. The highest BCUT2D eigenvalue weighted by Crippen LogP contribution is 2.35. The van der Waals surface area contributed by atoms with Crippen LogP contribution in [0, 0.1) is 0 Å². The zero-order valence-electron chi connectivity index (χ0n) is 10.2. The van der Waals surface area contributed by atoms with E-state index < -0.39 is 0 Å². The summed E-state index contributed by atoms with van der Waals surface area (Å²) >= 11 is 1.74. The molecule has 0 amide bonds. The lowest BCUT2D eigenvalue weighted by Gasteiger charge is -2.26. The lowest BCUT2D eigenvalue weighted by atomic mass is 9.90. The zero-order valence-corrected chi connectivity index (χ0v) is 11.0. The Balaban J connectivity index is 2.35. The number of hydrogen-bond donors (Lipinski definition) is 1. The molecule has 1 atom stereocenters. The SMILES string of the molecule is COc1ccc(C2(C)CCCN2)cc1SC. The van der Waals surface area contributed by atoms with Crippen molar-refractivity contribution >= 4 is 11.8 Å². The summed E-state index contributed by atoms with van der Waals surface area (Å²) in [6.45, 7) is 3.41. The smallest absolute Gasteiger partial charge is 0.132 e. The van der Waals surface area contributed by atoms with E-state index in [0.29, 0.717) is 0 Å². The molecule has 1 unspecified atom stereocenters. The number of hydrogen-bond acceptors (Lipinski definition) is 3. The van der Waals surface area contributed by atoms with Crippen molar-refractivity contribution in [2.24, 2.45) is 0 Å². The normalized spacial score (nSPS) is 24.7. The highest BCUT2D eigenvalue weighted by Gasteiger charge is 2.30. The van der Waals surface area contributed by atoms with Gasteiger partial charge in [0, 0.05) is 10.4 Å². The Kier molecular flexibility index (Phi) is 3.45. The van der Waals surface area contributed by atoms with Crippen LogP contribution in [-0.4, -0.2) is 19.9 Å². The molecule has 2 nitrogen and oxygen atoms in total. The van der Waals surface area contributed by atoms with Crippen LogP contribution in [0.15, 0.2) is 23.1 Å². The van der Waals surface area contributed by atoms with Crippen molar-refractivity contribution in [3.63, 3.8) is 0 Å². The molecule has 88 valence electrons. The number of thioether (sulfide) groups is 1. The van der Waals surface area contributed by atoms with Gasteiger partial charge in [0.25, 0.3) is 0 Å². The molecule has 1 heterocycles. The molecule has 0 bridgehead atoms. The standard InChI is InChI=1S/C13H19NOS/c1-13(7-4-8-14-13)10-5-6-11(15-2)12(9-10)16-3/h5-6,9,14H,4,7-8H2,1-3H3. The van der Waals surface area contributed by atoms with Gasteiger partial charge in [0.1, 0.15) is 5.75 Å². The lowest BCUT2D eigenvalue weighted by Crippen LogP contribution is -2.33. The molecule has 1 aliphatic heterocycles. The largest absolute Gasteiger partial charge is 0.496 e. The first kappa shape index (κ1) is 11.8. The second-order valence-electron chi connectivity index (χ2n) is 4.43. The number of nitrogens with one attached hydrogen (secondary N) is 1. The van der Waals surface area contributed by atoms with Gasteiger partial charge < -0.3 is 10.1 Å². The van der Waals surface area contributed by atoms with Crippen LogP contribution >= 0.6 is 11.8 Å². The molecule has 16 heavy (non-hydrogen) atoms. The maximum atomic E-state index is 5.35. The highest BCUT2D eigenvalue weighted by atomic mass is 32.2. The molecule has 0 aliphatic carbocycles. The van der Waals surface area contributed by atoms with Gasteiger partial charge in [-0.15, -0.1) is 11.8 Å². The summed E-state index contributed by atoms with van der Waals surface area (Å²) in [5, 5.41) is 3.59. The number of methoxy groups -OCH3 is 1. The molecule has 0 spiro atoms. The van der Waals surface area contributed by atoms with Gasteiger partial charge in [0.15, 0.2) is 0 Å². The quantitative estimate of drug-likeness (QED) is 0.817. The summed E-state index contributed by atoms with van der Waals surface area (Å²) in [5.41, 5.74) is 1.52. The minimum absolute atomic E-state index is 0.150. The Morgan fingerprint density at radius 2 is 2.25 bits per heavy atom. The minimum atomic E-state index is 0.150. The molecule has 0 aromatic heterocycles. The van der Waals surface area contributed by atoms with Gasteiger partial charge in [0.2, 0.25) is 0 Å². The summed E-state index contributed by atoms with van der Waals surface area (Å²) in [6, 6.07) is 6.51. The van der Waals surface area contributed by atoms with Crippen LogP contribution < -0.4 is 10.1 Å². The van der Waals surface area contributed by atoms with Gasteiger partial charge in [-0.1, -0.05) is 6.07 Å². The Hall–Kier alpha value is -0.670. The summed E-state index contributed by atoms with van der Waals surface area (Å²) < 4.78 is 5.35. The third-order valence-corrected chi connectivity index (χ3v) is 4.15. The second kappa shape index (κ2) is 4.68. The molecule has 1 aromatic carbocycles. The van der Waals surface area contributed by atoms with E-state index in [1.807, 2.05) is 0 Å². The van der Waals surface area contributed by atoms with Gasteiger partial charge in [-0.25, -0.2) is 0 Å². The minimum Gasteiger partial charge on any atom is -0.496 e. The van der Waals surface area contributed by atoms with Gasteiger partial charge in [0.05, 0.1) is 7.11 Å². The number of benzene rings is 1. The van der Waals surface area contributed by atoms with Crippen LogP contribution in [0.2, 0.25) is 0 Å². The lowest BCUT2D eigenvalue weighted by molar-refractivity contribution is 0.400. The predicted molar refractivity (Wildman–Crippen MR) is 69.4 cm³/mol. The molecular weight excluding hydrogens is 218 g/mol. The Morgan fingerprint density at radius 3 is 2.81 bits per heavy atom. The van der Waals surface area contributed by atoms with Crippen LogP contribution in [0.1, 0.15) is 25.3 Å². The topological polar surface area (TPSA) is 21.3 Å². The van der Waals surface area contributed by atoms with Crippen molar-refractivity contribution in [2.45, 2.75) is 30.2 Å². The molecule has 0 radical (unpaired) electrons. The molecule has 1 N–H and O–H groups in total. The monoisotopic (exact) mass is 237 g/mol. The van der Waals surface area contributed by atoms with Crippen molar-refractivity contribution in [1.29, 1.82) is 0 Å². The molecule has 1 aliphatic rings. The fourth-order valence-electron chi connectivity index (χ4n) is 2.32. The number of ether oxygens (including phenoxy) is 1. The molecule has 3 heteroatoms. The first-order chi connectivity index (χ1) is 7.69. The van der Waals surface area contributed by atoms with Crippen molar-refractivity contribution in [3.8, 4) is 5.75 Å². The first-order valence-electron chi connectivity index (χ1n) is 5.67. The second-order valence-corrected chi connectivity index (χ2v) is 5.28. The van der Waals surface area contributed by atoms with E-state index in [0.717, 1.165) is 12.3 Å². The van der Waals surface area contributed by atoms with E-state index in [1.165, 1.54) is 23.3 Å². The molecular formula is C13H19NOS. The van der Waals surface area contributed by atoms with Gasteiger partial charge >= 0.3 is 0 Å². The van der Waals surface area contributed by atoms with Crippen LogP contribution in [0.3, 0.4) is 0 Å². The molecule has 1 fully saturated rings. The van der Waals surface area contributed by atoms with Crippen molar-refractivity contribution in [1.82, 2.24) is 5.32 Å². The van der Waals surface area contributed by atoms with Gasteiger partial charge in [-0.3, -0.25) is 0 Å². The maximum absolute atomic E-state index is 5.35. The first-order valence-corrected chi connectivity index (χ1v) is 6.89. The highest BCUT2D eigenvalue weighted by molar-refractivity contribution is 7.98. The summed E-state index contributed by atoms with van der Waals surface area (Å²) in [6.07, 6.45) is 4.57. The van der Waals surface area contributed by atoms with Crippen LogP contribution in [0.25, 0.3) is 0 Å². The van der Waals surface area contributed by atoms with Crippen LogP contribution in [0.5, 0.6) is 5.75 Å². The van der Waals surface area contributed by atoms with Crippen LogP contribution in [0.4, 0.5) is 0 Å². The van der Waals surface area contributed by atoms with Crippen molar-refractivity contribution < 1.29 is 4.74 Å². The van der Waals surface area contributed by atoms with Crippen molar-refractivity contribution in [2.75, 3.05) is 19.9 Å². The Morgan fingerprint density at radius 1 is 1.44 bits per heavy atom. The third-order valence-electron chi connectivity index (χ3n) is 3.39. The average Bonchev–Trinajstić information content (AvgIpc) is 2.76. The average molecular weight is 237 g/mol.